The van der Waals surface area contributed by atoms with Gasteiger partial charge >= 0.3 is 5.97 Å². The summed E-state index contributed by atoms with van der Waals surface area (Å²) in [6, 6.07) is -0.739. The van der Waals surface area contributed by atoms with Crippen LogP contribution in [0.5, 0.6) is 0 Å². The third kappa shape index (κ3) is 4.98. The monoisotopic (exact) mass is 259 g/mol. The van der Waals surface area contributed by atoms with Gasteiger partial charge in [0.1, 0.15) is 6.04 Å². The van der Waals surface area contributed by atoms with Gasteiger partial charge in [-0.2, -0.15) is 11.8 Å². The molecule has 98 valence electrons. The number of hydrogen-bond donors (Lipinski definition) is 2. The summed E-state index contributed by atoms with van der Waals surface area (Å²) >= 11 is 1.86. The number of rotatable bonds is 5. The second-order valence-corrected chi connectivity index (χ2v) is 6.14. The van der Waals surface area contributed by atoms with E-state index in [2.05, 4.69) is 5.32 Å². The molecule has 1 saturated heterocycles. The van der Waals surface area contributed by atoms with E-state index in [0.717, 1.165) is 24.3 Å². The van der Waals surface area contributed by atoms with Crippen molar-refractivity contribution in [1.29, 1.82) is 0 Å². The second-order valence-electron chi connectivity index (χ2n) is 4.92. The molecule has 0 aliphatic carbocycles. The minimum Gasteiger partial charge on any atom is -0.480 e. The highest BCUT2D eigenvalue weighted by molar-refractivity contribution is 7.99. The van der Waals surface area contributed by atoms with Crippen LogP contribution >= 0.6 is 11.8 Å². The Balaban J connectivity index is 2.47. The van der Waals surface area contributed by atoms with E-state index in [1.54, 1.807) is 0 Å². The van der Waals surface area contributed by atoms with Crippen molar-refractivity contribution in [3.8, 4) is 0 Å². The molecule has 0 aromatic carbocycles. The number of carbonyl (C=O) groups is 2. The van der Waals surface area contributed by atoms with E-state index in [9.17, 15) is 9.59 Å². The maximum Gasteiger partial charge on any atom is 0.326 e. The number of amides is 1. The van der Waals surface area contributed by atoms with Gasteiger partial charge in [-0.25, -0.2) is 4.79 Å². The molecule has 0 unspecified atom stereocenters. The first-order valence-corrected chi connectivity index (χ1v) is 7.27. The van der Waals surface area contributed by atoms with Gasteiger partial charge < -0.3 is 10.4 Å². The third-order valence-corrected chi connectivity index (χ3v) is 3.96. The Morgan fingerprint density at radius 2 is 1.94 bits per heavy atom. The molecule has 0 radical (unpaired) electrons. The summed E-state index contributed by atoms with van der Waals surface area (Å²) in [5.41, 5.74) is 0. The predicted molar refractivity (Wildman–Crippen MR) is 69.1 cm³/mol. The van der Waals surface area contributed by atoms with Crippen molar-refractivity contribution in [1.82, 2.24) is 5.32 Å². The number of carbonyl (C=O) groups excluding carboxylic acids is 1. The molecule has 17 heavy (non-hydrogen) atoms. The minimum absolute atomic E-state index is 0.00487. The van der Waals surface area contributed by atoms with E-state index in [0.29, 0.717) is 6.42 Å². The molecule has 1 fully saturated rings. The largest absolute Gasteiger partial charge is 0.480 e. The van der Waals surface area contributed by atoms with Crippen molar-refractivity contribution in [2.45, 2.75) is 39.2 Å². The van der Waals surface area contributed by atoms with Crippen molar-refractivity contribution in [3.05, 3.63) is 0 Å². The van der Waals surface area contributed by atoms with E-state index < -0.39 is 12.0 Å². The van der Waals surface area contributed by atoms with E-state index in [1.807, 2.05) is 25.6 Å². The SMILES string of the molecule is CC(C)C[C@@H](NC(=O)C1CCSCC1)C(=O)O. The minimum atomic E-state index is -0.933. The molecule has 0 aromatic heterocycles. The lowest BCUT2D eigenvalue weighted by Crippen LogP contribution is -2.45. The Kier molecular flexibility index (Phi) is 5.82. The van der Waals surface area contributed by atoms with E-state index in [-0.39, 0.29) is 17.7 Å². The highest BCUT2D eigenvalue weighted by Gasteiger charge is 2.26. The van der Waals surface area contributed by atoms with E-state index >= 15 is 0 Å². The lowest BCUT2D eigenvalue weighted by Gasteiger charge is -2.23. The standard InChI is InChI=1S/C12H21NO3S/c1-8(2)7-10(12(15)16)13-11(14)9-3-5-17-6-4-9/h8-10H,3-7H2,1-2H3,(H,13,14)(H,15,16)/t10-/m1/s1. The number of aliphatic carboxylic acids is 1. The molecule has 4 nitrogen and oxygen atoms in total. The summed E-state index contributed by atoms with van der Waals surface area (Å²) < 4.78 is 0. The van der Waals surface area contributed by atoms with Crippen LogP contribution in [0.25, 0.3) is 0 Å². The summed E-state index contributed by atoms with van der Waals surface area (Å²) in [5, 5.41) is 11.7. The Morgan fingerprint density at radius 1 is 1.35 bits per heavy atom. The molecule has 1 aliphatic rings. The third-order valence-electron chi connectivity index (χ3n) is 2.91. The van der Waals surface area contributed by atoms with Crippen LogP contribution in [0.4, 0.5) is 0 Å². The van der Waals surface area contributed by atoms with Gasteiger partial charge in [-0.05, 0) is 36.7 Å². The fourth-order valence-corrected chi connectivity index (χ4v) is 3.05. The first-order valence-electron chi connectivity index (χ1n) is 6.11. The molecule has 0 saturated carbocycles. The molecular formula is C12H21NO3S. The summed E-state index contributed by atoms with van der Waals surface area (Å²) in [5.74, 6) is 1.25. The van der Waals surface area contributed by atoms with Gasteiger partial charge in [0, 0.05) is 5.92 Å². The molecule has 0 bridgehead atoms. The summed E-state index contributed by atoms with van der Waals surface area (Å²) in [7, 11) is 0. The van der Waals surface area contributed by atoms with E-state index in [1.165, 1.54) is 0 Å². The Bertz CT molecular complexity index is 275. The van der Waals surface area contributed by atoms with Crippen LogP contribution in [-0.4, -0.2) is 34.5 Å². The van der Waals surface area contributed by atoms with Crippen LogP contribution < -0.4 is 5.32 Å². The first-order chi connectivity index (χ1) is 8.00. The fourth-order valence-electron chi connectivity index (χ4n) is 1.94. The lowest BCUT2D eigenvalue weighted by molar-refractivity contribution is -0.143. The Hall–Kier alpha value is -0.710. The number of thioether (sulfide) groups is 1. The molecule has 0 spiro atoms. The highest BCUT2D eigenvalue weighted by atomic mass is 32.2. The van der Waals surface area contributed by atoms with Gasteiger partial charge in [0.15, 0.2) is 0 Å². The molecule has 1 aliphatic heterocycles. The topological polar surface area (TPSA) is 66.4 Å². The van der Waals surface area contributed by atoms with Gasteiger partial charge in [0.2, 0.25) is 5.91 Å². The Labute approximate surface area is 107 Å². The Morgan fingerprint density at radius 3 is 2.41 bits per heavy atom. The smallest absolute Gasteiger partial charge is 0.326 e. The predicted octanol–water partition coefficient (Wildman–Crippen LogP) is 1.75. The average Bonchev–Trinajstić information content (AvgIpc) is 2.28. The van der Waals surface area contributed by atoms with Crippen molar-refractivity contribution in [2.24, 2.45) is 11.8 Å². The van der Waals surface area contributed by atoms with Gasteiger partial charge in [0.05, 0.1) is 0 Å². The molecule has 1 rings (SSSR count). The van der Waals surface area contributed by atoms with Gasteiger partial charge in [-0.3, -0.25) is 4.79 Å². The van der Waals surface area contributed by atoms with Crippen LogP contribution in [0, 0.1) is 11.8 Å². The number of carboxylic acids is 1. The van der Waals surface area contributed by atoms with Crippen LogP contribution in [-0.2, 0) is 9.59 Å². The van der Waals surface area contributed by atoms with Crippen LogP contribution in [0.1, 0.15) is 33.1 Å². The average molecular weight is 259 g/mol. The van der Waals surface area contributed by atoms with Gasteiger partial charge in [0.25, 0.3) is 0 Å². The molecule has 1 amide bonds. The molecule has 1 heterocycles. The number of nitrogens with one attached hydrogen (secondary N) is 1. The van der Waals surface area contributed by atoms with Crippen LogP contribution in [0.3, 0.4) is 0 Å². The zero-order chi connectivity index (χ0) is 12.8. The highest BCUT2D eigenvalue weighted by Crippen LogP contribution is 2.23. The zero-order valence-corrected chi connectivity index (χ0v) is 11.3. The van der Waals surface area contributed by atoms with Crippen molar-refractivity contribution in [2.75, 3.05) is 11.5 Å². The van der Waals surface area contributed by atoms with Crippen LogP contribution in [0.15, 0.2) is 0 Å². The maximum absolute atomic E-state index is 11.9. The van der Waals surface area contributed by atoms with E-state index in [4.69, 9.17) is 5.11 Å². The molecule has 1 atom stereocenters. The quantitative estimate of drug-likeness (QED) is 0.789. The molecule has 0 aromatic rings. The normalized spacial score (nSPS) is 19.0. The number of carboxylic acid groups (broad SMARTS) is 1. The molecule has 2 N–H and O–H groups in total. The zero-order valence-electron chi connectivity index (χ0n) is 10.4. The summed E-state index contributed by atoms with van der Waals surface area (Å²) in [6.45, 7) is 3.92. The van der Waals surface area contributed by atoms with Crippen LogP contribution in [0.2, 0.25) is 0 Å². The number of hydrogen-bond acceptors (Lipinski definition) is 3. The summed E-state index contributed by atoms with van der Waals surface area (Å²) in [6.07, 6.45) is 2.22. The van der Waals surface area contributed by atoms with Crippen molar-refractivity contribution < 1.29 is 14.7 Å². The maximum atomic E-state index is 11.9. The summed E-state index contributed by atoms with van der Waals surface area (Å²) in [4.78, 5) is 22.9. The fraction of sp³-hybridized carbons (Fsp3) is 0.833. The second kappa shape index (κ2) is 6.89. The van der Waals surface area contributed by atoms with Gasteiger partial charge in [-0.15, -0.1) is 0 Å². The van der Waals surface area contributed by atoms with Crippen molar-refractivity contribution >= 4 is 23.6 Å². The molecule has 5 heteroatoms. The lowest BCUT2D eigenvalue weighted by atomic mass is 9.99. The molecular weight excluding hydrogens is 238 g/mol. The first kappa shape index (κ1) is 14.4. The van der Waals surface area contributed by atoms with Crippen molar-refractivity contribution in [3.63, 3.8) is 0 Å². The van der Waals surface area contributed by atoms with Gasteiger partial charge in [-0.1, -0.05) is 13.8 Å².